The minimum Gasteiger partial charge on any atom is -0.497 e. The molecule has 0 aliphatic heterocycles. The molecule has 150 valence electrons. The Balaban J connectivity index is 2.31. The van der Waals surface area contributed by atoms with Crippen LogP contribution in [0, 0.1) is 5.82 Å². The van der Waals surface area contributed by atoms with Crippen molar-refractivity contribution in [1.82, 2.24) is 4.90 Å². The van der Waals surface area contributed by atoms with Crippen LogP contribution in [0.5, 0.6) is 5.75 Å². The summed E-state index contributed by atoms with van der Waals surface area (Å²) in [5.41, 5.74) is 1.42. The average Bonchev–Trinajstić information content (AvgIpc) is 2.65. The zero-order valence-corrected chi connectivity index (χ0v) is 16.3. The molecule has 0 spiro atoms. The van der Waals surface area contributed by atoms with Gasteiger partial charge in [-0.15, -0.1) is 0 Å². The molecule has 1 atom stereocenters. The number of nitrogens with one attached hydrogen (secondary N) is 2. The predicted octanol–water partition coefficient (Wildman–Crippen LogP) is 2.66. The maximum Gasteiger partial charge on any atom is 0.250 e. The van der Waals surface area contributed by atoms with Crippen molar-refractivity contribution in [2.75, 3.05) is 45.6 Å². The summed E-state index contributed by atoms with van der Waals surface area (Å²) in [7, 11) is 6.42. The summed E-state index contributed by atoms with van der Waals surface area (Å²) < 4.78 is 23.3. The molecule has 2 aromatic carbocycles. The number of carbonyl (C=O) groups excluding carboxylic acids is 2. The van der Waals surface area contributed by atoms with Crippen molar-refractivity contribution >= 4 is 23.2 Å². The third kappa shape index (κ3) is 5.51. The van der Waals surface area contributed by atoms with E-state index in [9.17, 15) is 14.0 Å². The van der Waals surface area contributed by atoms with E-state index in [4.69, 9.17) is 9.47 Å². The Hall–Kier alpha value is -2.97. The lowest BCUT2D eigenvalue weighted by Gasteiger charge is -2.24. The van der Waals surface area contributed by atoms with Crippen molar-refractivity contribution in [2.24, 2.45) is 0 Å². The summed E-state index contributed by atoms with van der Waals surface area (Å²) in [6, 6.07) is 9.99. The van der Waals surface area contributed by atoms with Gasteiger partial charge in [0.1, 0.15) is 24.2 Å². The number of anilines is 2. The summed E-state index contributed by atoms with van der Waals surface area (Å²) in [6.07, 6.45) is 0. The van der Waals surface area contributed by atoms with Crippen molar-refractivity contribution in [3.05, 3.63) is 53.8 Å². The van der Waals surface area contributed by atoms with E-state index in [2.05, 4.69) is 10.6 Å². The number of amides is 2. The average molecular weight is 389 g/mol. The van der Waals surface area contributed by atoms with Gasteiger partial charge in [0.25, 0.3) is 0 Å². The van der Waals surface area contributed by atoms with Crippen LogP contribution in [0.25, 0.3) is 0 Å². The SMILES string of the molecule is COCC(=O)Nc1ccc(OC)cc1NC(=O)C(c1ccc(F)cc1)N(C)C. The predicted molar refractivity (Wildman–Crippen MR) is 105 cm³/mol. The van der Waals surface area contributed by atoms with Gasteiger partial charge in [-0.25, -0.2) is 4.39 Å². The second-order valence-electron chi connectivity index (χ2n) is 6.30. The molecule has 2 amide bonds. The van der Waals surface area contributed by atoms with Gasteiger partial charge in [0, 0.05) is 13.2 Å². The minimum absolute atomic E-state index is 0.116. The molecular formula is C20H24FN3O4. The van der Waals surface area contributed by atoms with Crippen LogP contribution in [0.4, 0.5) is 15.8 Å². The van der Waals surface area contributed by atoms with E-state index < -0.39 is 6.04 Å². The number of hydrogen-bond donors (Lipinski definition) is 2. The molecule has 0 heterocycles. The van der Waals surface area contributed by atoms with Crippen LogP contribution in [0.15, 0.2) is 42.5 Å². The van der Waals surface area contributed by atoms with E-state index in [-0.39, 0.29) is 24.2 Å². The Kier molecular flexibility index (Phi) is 7.48. The van der Waals surface area contributed by atoms with Gasteiger partial charge in [0.2, 0.25) is 11.8 Å². The smallest absolute Gasteiger partial charge is 0.250 e. The third-order valence-corrected chi connectivity index (χ3v) is 3.98. The third-order valence-electron chi connectivity index (χ3n) is 3.98. The zero-order valence-electron chi connectivity index (χ0n) is 16.3. The molecule has 0 saturated carbocycles. The van der Waals surface area contributed by atoms with E-state index in [1.165, 1.54) is 26.4 Å². The fourth-order valence-electron chi connectivity index (χ4n) is 2.71. The molecule has 0 aliphatic carbocycles. The highest BCUT2D eigenvalue weighted by Crippen LogP contribution is 2.29. The number of nitrogens with zero attached hydrogens (tertiary/aromatic N) is 1. The largest absolute Gasteiger partial charge is 0.497 e. The number of rotatable bonds is 8. The molecule has 7 nitrogen and oxygen atoms in total. The summed E-state index contributed by atoms with van der Waals surface area (Å²) >= 11 is 0. The number of likely N-dealkylation sites (N-methyl/N-ethyl adjacent to an activating group) is 1. The van der Waals surface area contributed by atoms with Crippen LogP contribution in [-0.2, 0) is 14.3 Å². The highest BCUT2D eigenvalue weighted by atomic mass is 19.1. The minimum atomic E-state index is -0.658. The van der Waals surface area contributed by atoms with E-state index >= 15 is 0 Å². The van der Waals surface area contributed by atoms with Crippen molar-refractivity contribution < 1.29 is 23.5 Å². The first-order chi connectivity index (χ1) is 13.3. The lowest BCUT2D eigenvalue weighted by molar-refractivity contribution is -0.121. The number of methoxy groups -OCH3 is 2. The summed E-state index contributed by atoms with van der Waals surface area (Å²) in [6.45, 7) is -0.116. The first kappa shape index (κ1) is 21.3. The molecular weight excluding hydrogens is 365 g/mol. The number of benzene rings is 2. The highest BCUT2D eigenvalue weighted by molar-refractivity contribution is 6.02. The normalized spacial score (nSPS) is 11.8. The Labute approximate surface area is 163 Å². The number of carbonyl (C=O) groups is 2. The molecule has 0 fully saturated rings. The maximum absolute atomic E-state index is 13.2. The first-order valence-electron chi connectivity index (χ1n) is 8.55. The van der Waals surface area contributed by atoms with Gasteiger partial charge in [-0.05, 0) is 43.9 Å². The van der Waals surface area contributed by atoms with E-state index in [1.807, 2.05) is 0 Å². The first-order valence-corrected chi connectivity index (χ1v) is 8.55. The van der Waals surface area contributed by atoms with Crippen LogP contribution < -0.4 is 15.4 Å². The molecule has 2 N–H and O–H groups in total. The van der Waals surface area contributed by atoms with E-state index in [1.54, 1.807) is 49.3 Å². The molecule has 0 aromatic heterocycles. The number of hydrogen-bond acceptors (Lipinski definition) is 5. The van der Waals surface area contributed by atoms with E-state index in [0.717, 1.165) is 0 Å². The van der Waals surface area contributed by atoms with Crippen molar-refractivity contribution in [2.45, 2.75) is 6.04 Å². The molecule has 28 heavy (non-hydrogen) atoms. The lowest BCUT2D eigenvalue weighted by atomic mass is 10.0. The molecule has 2 aromatic rings. The number of ether oxygens (including phenoxy) is 2. The highest BCUT2D eigenvalue weighted by Gasteiger charge is 2.24. The molecule has 2 rings (SSSR count). The van der Waals surface area contributed by atoms with Crippen LogP contribution in [-0.4, -0.2) is 51.6 Å². The molecule has 1 unspecified atom stereocenters. The molecule has 8 heteroatoms. The summed E-state index contributed by atoms with van der Waals surface area (Å²) in [5.74, 6) is -0.557. The van der Waals surface area contributed by atoms with Gasteiger partial charge >= 0.3 is 0 Å². The van der Waals surface area contributed by atoms with Crippen molar-refractivity contribution in [3.8, 4) is 5.75 Å². The topological polar surface area (TPSA) is 79.9 Å². The monoisotopic (exact) mass is 389 g/mol. The fourth-order valence-corrected chi connectivity index (χ4v) is 2.71. The van der Waals surface area contributed by atoms with Crippen molar-refractivity contribution in [3.63, 3.8) is 0 Å². The fraction of sp³-hybridized carbons (Fsp3) is 0.300. The van der Waals surface area contributed by atoms with Crippen LogP contribution in [0.3, 0.4) is 0 Å². The van der Waals surface area contributed by atoms with Gasteiger partial charge in [0.05, 0.1) is 18.5 Å². The summed E-state index contributed by atoms with van der Waals surface area (Å²) in [5, 5.41) is 5.50. The zero-order chi connectivity index (χ0) is 20.7. The van der Waals surface area contributed by atoms with Gasteiger partial charge < -0.3 is 20.1 Å². The quantitative estimate of drug-likeness (QED) is 0.726. The summed E-state index contributed by atoms with van der Waals surface area (Å²) in [4.78, 5) is 26.6. The Morgan fingerprint density at radius 2 is 1.71 bits per heavy atom. The second-order valence-corrected chi connectivity index (χ2v) is 6.30. The molecule has 0 bridgehead atoms. The van der Waals surface area contributed by atoms with Gasteiger partial charge in [0.15, 0.2) is 0 Å². The second kappa shape index (κ2) is 9.82. The van der Waals surface area contributed by atoms with E-state index in [0.29, 0.717) is 22.7 Å². The van der Waals surface area contributed by atoms with Crippen LogP contribution >= 0.6 is 0 Å². The lowest BCUT2D eigenvalue weighted by Crippen LogP contribution is -2.32. The van der Waals surface area contributed by atoms with Gasteiger partial charge in [-0.1, -0.05) is 12.1 Å². The Morgan fingerprint density at radius 1 is 1.04 bits per heavy atom. The van der Waals surface area contributed by atoms with Crippen molar-refractivity contribution in [1.29, 1.82) is 0 Å². The molecule has 0 radical (unpaired) electrons. The standard InChI is InChI=1S/C20H24FN3O4/c1-24(2)19(13-5-7-14(21)8-6-13)20(26)23-17-11-15(28-4)9-10-16(17)22-18(25)12-27-3/h5-11,19H,12H2,1-4H3,(H,22,25)(H,23,26). The van der Waals surface area contributed by atoms with Crippen LogP contribution in [0.1, 0.15) is 11.6 Å². The van der Waals surface area contributed by atoms with Gasteiger partial charge in [-0.3, -0.25) is 14.5 Å². The maximum atomic E-state index is 13.2. The Morgan fingerprint density at radius 3 is 2.29 bits per heavy atom. The number of halogens is 1. The van der Waals surface area contributed by atoms with Crippen LogP contribution in [0.2, 0.25) is 0 Å². The molecule has 0 saturated heterocycles. The molecule has 0 aliphatic rings. The van der Waals surface area contributed by atoms with Gasteiger partial charge in [-0.2, -0.15) is 0 Å². The Bertz CT molecular complexity index is 825.